The van der Waals surface area contributed by atoms with Gasteiger partial charge in [-0.2, -0.15) is 0 Å². The summed E-state index contributed by atoms with van der Waals surface area (Å²) in [5, 5.41) is 5.13. The van der Waals surface area contributed by atoms with Crippen LogP contribution in [-0.4, -0.2) is 25.0 Å². The fraction of sp³-hybridized carbons (Fsp3) is 0.308. The maximum absolute atomic E-state index is 12.8. The van der Waals surface area contributed by atoms with E-state index in [0.717, 1.165) is 66.4 Å². The molecule has 2 aliphatic rings. The van der Waals surface area contributed by atoms with E-state index in [0.29, 0.717) is 5.75 Å². The third-order valence-electron chi connectivity index (χ3n) is 6.32. The van der Waals surface area contributed by atoms with Gasteiger partial charge in [0.05, 0.1) is 0 Å². The normalized spacial score (nSPS) is 15.8. The topological polar surface area (TPSA) is 58.6 Å². The highest BCUT2D eigenvalue weighted by Gasteiger charge is 2.31. The minimum absolute atomic E-state index is 0.0539. The van der Waals surface area contributed by atoms with Crippen molar-refractivity contribution in [1.29, 1.82) is 0 Å². The molecular weight excluding hydrogens is 388 g/mol. The Morgan fingerprint density at radius 1 is 0.968 bits per heavy atom. The van der Waals surface area contributed by atoms with Gasteiger partial charge in [-0.1, -0.05) is 43.2 Å². The molecule has 0 radical (unpaired) electrons. The molecule has 0 spiro atoms. The Morgan fingerprint density at radius 3 is 2.61 bits per heavy atom. The van der Waals surface area contributed by atoms with E-state index in [1.54, 1.807) is 0 Å². The van der Waals surface area contributed by atoms with Gasteiger partial charge in [0.15, 0.2) is 6.61 Å². The molecule has 1 N–H and O–H groups in total. The number of rotatable bonds is 5. The Balaban J connectivity index is 1.20. The Kier molecular flexibility index (Phi) is 5.33. The molecule has 0 atom stereocenters. The first-order chi connectivity index (χ1) is 15.2. The second-order valence-electron chi connectivity index (χ2n) is 8.41. The van der Waals surface area contributed by atoms with Crippen LogP contribution in [0.15, 0.2) is 60.7 Å². The molecule has 5 heteroatoms. The van der Waals surface area contributed by atoms with Gasteiger partial charge >= 0.3 is 0 Å². The first-order valence-electron chi connectivity index (χ1n) is 11.0. The second-order valence-corrected chi connectivity index (χ2v) is 8.41. The molecule has 0 aromatic heterocycles. The van der Waals surface area contributed by atoms with E-state index in [1.807, 2.05) is 65.6 Å². The molecule has 1 saturated carbocycles. The van der Waals surface area contributed by atoms with Crippen molar-refractivity contribution in [3.63, 3.8) is 0 Å². The Labute approximate surface area is 182 Å². The summed E-state index contributed by atoms with van der Waals surface area (Å²) in [5.41, 5.74) is 2.84. The van der Waals surface area contributed by atoms with Crippen LogP contribution in [-0.2, 0) is 16.0 Å². The van der Waals surface area contributed by atoms with Crippen LogP contribution in [0, 0.1) is 5.92 Å². The standard InChI is InChI=1S/C26H26N2O3/c29-25(17-31-23-11-9-18-5-1-4-8-20(18)16-23)27-22-10-12-24-21(15-22)13-14-28(24)26(30)19-6-2-3-7-19/h1,4-5,8-12,15-16,19H,2-3,6-7,13-14,17H2,(H,27,29). The molecule has 5 nitrogen and oxygen atoms in total. The maximum Gasteiger partial charge on any atom is 0.262 e. The Bertz CT molecular complexity index is 1130. The number of fused-ring (bicyclic) bond motifs is 2. The molecule has 0 unspecified atom stereocenters. The van der Waals surface area contributed by atoms with Gasteiger partial charge in [-0.05, 0) is 65.9 Å². The van der Waals surface area contributed by atoms with Gasteiger partial charge in [0.1, 0.15) is 5.75 Å². The molecular formula is C26H26N2O3. The van der Waals surface area contributed by atoms with Gasteiger partial charge in [-0.3, -0.25) is 9.59 Å². The van der Waals surface area contributed by atoms with Crippen LogP contribution in [0.5, 0.6) is 5.75 Å². The number of nitrogens with zero attached hydrogens (tertiary/aromatic N) is 1. The molecule has 2 amide bonds. The van der Waals surface area contributed by atoms with E-state index in [9.17, 15) is 9.59 Å². The lowest BCUT2D eigenvalue weighted by Gasteiger charge is -2.21. The third kappa shape index (κ3) is 4.13. The first kappa shape index (κ1) is 19.6. The van der Waals surface area contributed by atoms with Gasteiger partial charge in [-0.25, -0.2) is 0 Å². The number of anilines is 2. The van der Waals surface area contributed by atoms with Crippen LogP contribution in [0.3, 0.4) is 0 Å². The predicted molar refractivity (Wildman–Crippen MR) is 123 cm³/mol. The largest absolute Gasteiger partial charge is 0.484 e. The molecule has 1 aliphatic carbocycles. The van der Waals surface area contributed by atoms with E-state index in [4.69, 9.17) is 4.74 Å². The second kappa shape index (κ2) is 8.42. The third-order valence-corrected chi connectivity index (χ3v) is 6.32. The van der Waals surface area contributed by atoms with Crippen molar-refractivity contribution >= 4 is 34.0 Å². The average molecular weight is 415 g/mol. The molecule has 1 heterocycles. The molecule has 0 saturated heterocycles. The van der Waals surface area contributed by atoms with E-state index >= 15 is 0 Å². The molecule has 1 aliphatic heterocycles. The SMILES string of the molecule is O=C(COc1ccc2ccccc2c1)Nc1ccc2c(c1)CCN2C(=O)C1CCCC1. The highest BCUT2D eigenvalue weighted by molar-refractivity contribution is 5.98. The number of amides is 2. The van der Waals surface area contributed by atoms with E-state index < -0.39 is 0 Å². The lowest BCUT2D eigenvalue weighted by Crippen LogP contribution is -2.33. The molecule has 0 bridgehead atoms. The molecule has 1 fully saturated rings. The Morgan fingerprint density at radius 2 is 1.77 bits per heavy atom. The Hall–Kier alpha value is -3.34. The molecule has 31 heavy (non-hydrogen) atoms. The number of hydrogen-bond acceptors (Lipinski definition) is 3. The van der Waals surface area contributed by atoms with Crippen molar-refractivity contribution in [2.75, 3.05) is 23.4 Å². The molecule has 158 valence electrons. The number of hydrogen-bond donors (Lipinski definition) is 1. The summed E-state index contributed by atoms with van der Waals surface area (Å²) in [6.07, 6.45) is 5.16. The first-order valence-corrected chi connectivity index (χ1v) is 11.0. The van der Waals surface area contributed by atoms with Crippen molar-refractivity contribution in [2.45, 2.75) is 32.1 Å². The van der Waals surface area contributed by atoms with Gasteiger partial charge in [0.2, 0.25) is 5.91 Å². The zero-order valence-electron chi connectivity index (χ0n) is 17.5. The maximum atomic E-state index is 12.8. The molecule has 3 aromatic rings. The van der Waals surface area contributed by atoms with Crippen LogP contribution in [0.4, 0.5) is 11.4 Å². The van der Waals surface area contributed by atoms with Crippen molar-refractivity contribution < 1.29 is 14.3 Å². The molecule has 3 aromatic carbocycles. The summed E-state index contributed by atoms with van der Waals surface area (Å²) in [6, 6.07) is 19.6. The zero-order valence-corrected chi connectivity index (χ0v) is 17.5. The van der Waals surface area contributed by atoms with Crippen LogP contribution in [0.25, 0.3) is 10.8 Å². The lowest BCUT2D eigenvalue weighted by atomic mass is 10.1. The quantitative estimate of drug-likeness (QED) is 0.644. The van der Waals surface area contributed by atoms with Crippen LogP contribution < -0.4 is 15.0 Å². The number of benzene rings is 3. The summed E-state index contributed by atoms with van der Waals surface area (Å²) in [5.74, 6) is 0.906. The van der Waals surface area contributed by atoms with Gasteiger partial charge in [0, 0.05) is 23.8 Å². The smallest absolute Gasteiger partial charge is 0.262 e. The highest BCUT2D eigenvalue weighted by atomic mass is 16.5. The highest BCUT2D eigenvalue weighted by Crippen LogP contribution is 2.34. The van der Waals surface area contributed by atoms with Crippen molar-refractivity contribution in [2.24, 2.45) is 5.92 Å². The van der Waals surface area contributed by atoms with E-state index in [2.05, 4.69) is 5.32 Å². The fourth-order valence-electron chi connectivity index (χ4n) is 4.70. The summed E-state index contributed by atoms with van der Waals surface area (Å²) < 4.78 is 5.68. The van der Waals surface area contributed by atoms with Crippen molar-refractivity contribution in [3.05, 3.63) is 66.2 Å². The predicted octanol–water partition coefficient (Wildman–Crippen LogP) is 4.94. The number of carbonyl (C=O) groups is 2. The van der Waals surface area contributed by atoms with E-state index in [1.165, 1.54) is 0 Å². The number of nitrogens with one attached hydrogen (secondary N) is 1. The van der Waals surface area contributed by atoms with Crippen molar-refractivity contribution in [1.82, 2.24) is 0 Å². The van der Waals surface area contributed by atoms with Gasteiger partial charge in [0.25, 0.3) is 5.91 Å². The number of carbonyl (C=O) groups excluding carboxylic acids is 2. The van der Waals surface area contributed by atoms with Crippen LogP contribution in [0.2, 0.25) is 0 Å². The summed E-state index contributed by atoms with van der Waals surface area (Å²) in [7, 11) is 0. The molecule has 5 rings (SSSR count). The van der Waals surface area contributed by atoms with Crippen LogP contribution in [0.1, 0.15) is 31.2 Å². The van der Waals surface area contributed by atoms with Crippen LogP contribution >= 0.6 is 0 Å². The monoisotopic (exact) mass is 414 g/mol. The minimum Gasteiger partial charge on any atom is -0.484 e. The lowest BCUT2D eigenvalue weighted by molar-refractivity contribution is -0.122. The summed E-state index contributed by atoms with van der Waals surface area (Å²) in [6.45, 7) is 0.675. The van der Waals surface area contributed by atoms with E-state index in [-0.39, 0.29) is 24.3 Å². The van der Waals surface area contributed by atoms with Crippen molar-refractivity contribution in [3.8, 4) is 5.75 Å². The minimum atomic E-state index is -0.204. The van der Waals surface area contributed by atoms with Gasteiger partial charge < -0.3 is 15.0 Å². The van der Waals surface area contributed by atoms with Gasteiger partial charge in [-0.15, -0.1) is 0 Å². The summed E-state index contributed by atoms with van der Waals surface area (Å²) >= 11 is 0. The number of ether oxygens (including phenoxy) is 1. The zero-order chi connectivity index (χ0) is 21.2. The average Bonchev–Trinajstić information content (AvgIpc) is 3.47. The summed E-state index contributed by atoms with van der Waals surface area (Å²) in [4.78, 5) is 27.1. The fourth-order valence-corrected chi connectivity index (χ4v) is 4.70.